The van der Waals surface area contributed by atoms with E-state index in [0.29, 0.717) is 33.0 Å². The number of carbonyl (C=O) groups is 2. The van der Waals surface area contributed by atoms with Gasteiger partial charge < -0.3 is 16.0 Å². The van der Waals surface area contributed by atoms with Gasteiger partial charge in [0.15, 0.2) is 0 Å². The van der Waals surface area contributed by atoms with E-state index in [1.807, 2.05) is 17.0 Å². The summed E-state index contributed by atoms with van der Waals surface area (Å²) in [6.07, 6.45) is 9.61. The maximum absolute atomic E-state index is 14.4. The van der Waals surface area contributed by atoms with Crippen LogP contribution in [0, 0.1) is 28.6 Å². The number of nitrogens with zero attached hydrogens (tertiary/aromatic N) is 1. The first-order valence-corrected chi connectivity index (χ1v) is 15.9. The normalized spacial score (nSPS) is 20.8. The molecule has 2 saturated carbocycles. The Balaban J connectivity index is 1.71. The van der Waals surface area contributed by atoms with E-state index in [-0.39, 0.29) is 42.0 Å². The lowest BCUT2D eigenvalue weighted by Gasteiger charge is -2.46. The summed E-state index contributed by atoms with van der Waals surface area (Å²) in [5.41, 5.74) is 7.10. The van der Waals surface area contributed by atoms with Crippen molar-refractivity contribution in [2.45, 2.75) is 83.7 Å². The number of amidine groups is 1. The fourth-order valence-corrected chi connectivity index (χ4v) is 7.23. The molecule has 5 N–H and O–H groups in total. The average molecular weight is 613 g/mol. The minimum Gasteiger partial charge on any atom is -0.386 e. The third kappa shape index (κ3) is 8.13. The summed E-state index contributed by atoms with van der Waals surface area (Å²) < 4.78 is 0. The fourth-order valence-electron chi connectivity index (χ4n) is 6.71. The molecule has 9 heteroatoms. The standard InChI is InChI=1S/C33H43Cl2N5O2/c1-20(2)7-14-29(22-8-10-23(11-9-22)32(41)39-19-30(36)37)40(28-13-12-21-5-3-4-6-24(21)17-28)33(42)31(38)25-15-26(34)18-27(35)16-25/h8-11,15-16,18,20-21,24,28-29,38H,3-7,12-14,17,19H2,1-2H3,(H3,36,37)(H,39,41). The summed E-state index contributed by atoms with van der Waals surface area (Å²) in [6, 6.07) is 12.0. The van der Waals surface area contributed by atoms with Crippen LogP contribution in [-0.2, 0) is 4.79 Å². The molecule has 0 aliphatic heterocycles. The van der Waals surface area contributed by atoms with Crippen molar-refractivity contribution >= 4 is 46.6 Å². The highest BCUT2D eigenvalue weighted by atomic mass is 35.5. The van der Waals surface area contributed by atoms with Crippen LogP contribution in [0.15, 0.2) is 42.5 Å². The monoisotopic (exact) mass is 611 g/mol. The molecule has 0 saturated heterocycles. The Labute approximate surface area is 259 Å². The van der Waals surface area contributed by atoms with Crippen molar-refractivity contribution in [2.75, 3.05) is 6.54 Å². The highest BCUT2D eigenvalue weighted by molar-refractivity contribution is 6.45. The summed E-state index contributed by atoms with van der Waals surface area (Å²) in [5.74, 6) is 1.02. The van der Waals surface area contributed by atoms with Crippen LogP contribution >= 0.6 is 23.2 Å². The number of hydrogen-bond donors (Lipinski definition) is 4. The van der Waals surface area contributed by atoms with E-state index in [1.165, 1.54) is 25.7 Å². The molecule has 2 aliphatic carbocycles. The van der Waals surface area contributed by atoms with Gasteiger partial charge in [-0.2, -0.15) is 0 Å². The number of nitrogens with two attached hydrogens (primary N) is 1. The number of amides is 2. The molecule has 2 amide bonds. The zero-order chi connectivity index (χ0) is 30.4. The van der Waals surface area contributed by atoms with E-state index in [1.54, 1.807) is 30.3 Å². The molecule has 0 spiro atoms. The van der Waals surface area contributed by atoms with Crippen molar-refractivity contribution in [2.24, 2.45) is 23.5 Å². The molecule has 4 unspecified atom stereocenters. The first-order chi connectivity index (χ1) is 20.0. The highest BCUT2D eigenvalue weighted by Crippen LogP contribution is 2.44. The summed E-state index contributed by atoms with van der Waals surface area (Å²) in [7, 11) is 0. The Morgan fingerprint density at radius 2 is 1.57 bits per heavy atom. The quantitative estimate of drug-likeness (QED) is 0.156. The lowest BCUT2D eigenvalue weighted by molar-refractivity contribution is -0.131. The van der Waals surface area contributed by atoms with Gasteiger partial charge in [-0.15, -0.1) is 0 Å². The van der Waals surface area contributed by atoms with Crippen molar-refractivity contribution < 1.29 is 9.59 Å². The van der Waals surface area contributed by atoms with Crippen LogP contribution in [0.4, 0.5) is 0 Å². The van der Waals surface area contributed by atoms with Crippen LogP contribution in [0.25, 0.3) is 0 Å². The van der Waals surface area contributed by atoms with Gasteiger partial charge in [0.1, 0.15) is 11.5 Å². The predicted molar refractivity (Wildman–Crippen MR) is 171 cm³/mol. The topological polar surface area (TPSA) is 123 Å². The van der Waals surface area contributed by atoms with Gasteiger partial charge in [-0.1, -0.05) is 74.9 Å². The second kappa shape index (κ2) is 14.5. The molecule has 7 nitrogen and oxygen atoms in total. The Morgan fingerprint density at radius 3 is 2.19 bits per heavy atom. The SMILES string of the molecule is CC(C)CCC(c1ccc(C(=O)NCC(=N)N)cc1)N(C(=O)C(=N)c1cc(Cl)cc(Cl)c1)C1CCC2CCCCC2C1. The molecular weight excluding hydrogens is 569 g/mol. The summed E-state index contributed by atoms with van der Waals surface area (Å²) in [5, 5.41) is 19.8. The molecule has 42 heavy (non-hydrogen) atoms. The van der Waals surface area contributed by atoms with Crippen LogP contribution < -0.4 is 11.1 Å². The molecule has 0 aromatic heterocycles. The Hall–Kier alpha value is -2.90. The van der Waals surface area contributed by atoms with Crippen molar-refractivity contribution in [1.29, 1.82) is 10.8 Å². The molecule has 2 aromatic rings. The van der Waals surface area contributed by atoms with Gasteiger partial charge in [0.2, 0.25) is 0 Å². The number of hydrogen-bond acceptors (Lipinski definition) is 4. The van der Waals surface area contributed by atoms with E-state index in [4.69, 9.17) is 39.8 Å². The second-order valence-corrected chi connectivity index (χ2v) is 13.2. The first-order valence-electron chi connectivity index (χ1n) is 15.1. The Kier molecular flexibility index (Phi) is 11.1. The van der Waals surface area contributed by atoms with Crippen LogP contribution in [0.5, 0.6) is 0 Å². The minimum atomic E-state index is -0.315. The number of rotatable bonds is 11. The first kappa shape index (κ1) is 32.0. The van der Waals surface area contributed by atoms with Crippen LogP contribution in [-0.4, -0.2) is 40.8 Å². The lowest BCUT2D eigenvalue weighted by atomic mass is 9.69. The molecule has 0 radical (unpaired) electrons. The second-order valence-electron chi connectivity index (χ2n) is 12.3. The smallest absolute Gasteiger partial charge is 0.273 e. The van der Waals surface area contributed by atoms with Crippen LogP contribution in [0.1, 0.15) is 99.2 Å². The lowest BCUT2D eigenvalue weighted by Crippen LogP contribution is -2.49. The van der Waals surface area contributed by atoms with E-state index >= 15 is 0 Å². The molecule has 2 fully saturated rings. The highest BCUT2D eigenvalue weighted by Gasteiger charge is 2.40. The van der Waals surface area contributed by atoms with Crippen LogP contribution in [0.2, 0.25) is 10.0 Å². The van der Waals surface area contributed by atoms with Gasteiger partial charge in [-0.3, -0.25) is 20.4 Å². The van der Waals surface area contributed by atoms with Gasteiger partial charge >= 0.3 is 0 Å². The van der Waals surface area contributed by atoms with Gasteiger partial charge in [0.25, 0.3) is 11.8 Å². The molecule has 0 bridgehead atoms. The van der Waals surface area contributed by atoms with Crippen LogP contribution in [0.3, 0.4) is 0 Å². The van der Waals surface area contributed by atoms with Crippen molar-refractivity contribution in [1.82, 2.24) is 10.2 Å². The summed E-state index contributed by atoms with van der Waals surface area (Å²) in [4.78, 5) is 29.0. The summed E-state index contributed by atoms with van der Waals surface area (Å²) >= 11 is 12.5. The van der Waals surface area contributed by atoms with Gasteiger partial charge in [0.05, 0.1) is 12.6 Å². The van der Waals surface area contributed by atoms with Gasteiger partial charge in [-0.05, 0) is 85.8 Å². The maximum Gasteiger partial charge on any atom is 0.273 e. The Morgan fingerprint density at radius 1 is 0.929 bits per heavy atom. The largest absolute Gasteiger partial charge is 0.386 e. The molecule has 0 heterocycles. The van der Waals surface area contributed by atoms with E-state index < -0.39 is 0 Å². The van der Waals surface area contributed by atoms with E-state index in [2.05, 4.69) is 19.2 Å². The number of nitrogens with one attached hydrogen (secondary N) is 3. The minimum absolute atomic E-state index is 0.0145. The maximum atomic E-state index is 14.4. The molecule has 226 valence electrons. The number of halogens is 2. The van der Waals surface area contributed by atoms with E-state index in [0.717, 1.165) is 43.6 Å². The number of benzene rings is 2. The summed E-state index contributed by atoms with van der Waals surface area (Å²) in [6.45, 7) is 4.34. The zero-order valence-electron chi connectivity index (χ0n) is 24.6. The molecule has 2 aliphatic rings. The zero-order valence-corrected chi connectivity index (χ0v) is 26.1. The fraction of sp³-hybridized carbons (Fsp3) is 0.515. The predicted octanol–water partition coefficient (Wildman–Crippen LogP) is 7.39. The molecule has 4 atom stereocenters. The van der Waals surface area contributed by atoms with Crippen molar-refractivity contribution in [3.63, 3.8) is 0 Å². The van der Waals surface area contributed by atoms with E-state index in [9.17, 15) is 9.59 Å². The van der Waals surface area contributed by atoms with Crippen molar-refractivity contribution in [3.05, 3.63) is 69.2 Å². The number of carbonyl (C=O) groups excluding carboxylic acids is 2. The van der Waals surface area contributed by atoms with Crippen molar-refractivity contribution in [3.8, 4) is 0 Å². The average Bonchev–Trinajstić information content (AvgIpc) is 2.96. The molecule has 2 aromatic carbocycles. The number of fused-ring (bicyclic) bond motifs is 1. The molecular formula is C33H43Cl2N5O2. The third-order valence-electron chi connectivity index (χ3n) is 8.86. The third-order valence-corrected chi connectivity index (χ3v) is 9.29. The Bertz CT molecular complexity index is 1280. The van der Waals surface area contributed by atoms with Gasteiger partial charge in [-0.25, -0.2) is 0 Å². The molecule has 4 rings (SSSR count). The van der Waals surface area contributed by atoms with Gasteiger partial charge in [0, 0.05) is 27.2 Å².